The summed E-state index contributed by atoms with van der Waals surface area (Å²) in [5.74, 6) is -0.0256. The zero-order valence-corrected chi connectivity index (χ0v) is 10.2. The van der Waals surface area contributed by atoms with Gasteiger partial charge in [0.2, 0.25) is 12.7 Å². The van der Waals surface area contributed by atoms with Gasteiger partial charge in [0.25, 0.3) is 0 Å². The monoisotopic (exact) mass is 303 g/mol. The lowest BCUT2D eigenvalue weighted by Crippen LogP contribution is -2.34. The standard InChI is InChI=1S/C10H10BrNO5/c11-5-2-7-6(16-3-17-7)1-4(5)8(13)9(14)10(12)15/h1-2,8-9,13-14H,3H2,(H2,12,15). The third-order valence-corrected chi connectivity index (χ3v) is 3.09. The normalized spacial score (nSPS) is 16.6. The van der Waals surface area contributed by atoms with Crippen LogP contribution in [0.2, 0.25) is 0 Å². The SMILES string of the molecule is NC(=O)C(O)C(O)c1cc2c(cc1Br)OCO2. The molecular weight excluding hydrogens is 294 g/mol. The van der Waals surface area contributed by atoms with Gasteiger partial charge >= 0.3 is 0 Å². The number of fused-ring (bicyclic) bond motifs is 1. The fourth-order valence-electron chi connectivity index (χ4n) is 1.49. The largest absolute Gasteiger partial charge is 0.454 e. The molecule has 0 spiro atoms. The summed E-state index contributed by atoms with van der Waals surface area (Å²) in [5.41, 5.74) is 5.22. The summed E-state index contributed by atoms with van der Waals surface area (Å²) in [4.78, 5) is 10.8. The fraction of sp³-hybridized carbons (Fsp3) is 0.300. The van der Waals surface area contributed by atoms with Crippen LogP contribution in [0.5, 0.6) is 11.5 Å². The second kappa shape index (κ2) is 4.52. The van der Waals surface area contributed by atoms with E-state index in [9.17, 15) is 15.0 Å². The van der Waals surface area contributed by atoms with Crippen LogP contribution in [0.3, 0.4) is 0 Å². The lowest BCUT2D eigenvalue weighted by molar-refractivity contribution is -0.132. The number of halogens is 1. The fourth-order valence-corrected chi connectivity index (χ4v) is 2.04. The molecule has 0 radical (unpaired) electrons. The Morgan fingerprint density at radius 1 is 1.35 bits per heavy atom. The van der Waals surface area contributed by atoms with Gasteiger partial charge in [0, 0.05) is 10.0 Å². The van der Waals surface area contributed by atoms with Crippen LogP contribution in [0.4, 0.5) is 0 Å². The second-order valence-corrected chi connectivity index (χ2v) is 4.37. The minimum Gasteiger partial charge on any atom is -0.454 e. The number of hydrogen-bond donors (Lipinski definition) is 3. The number of rotatable bonds is 3. The number of benzene rings is 1. The van der Waals surface area contributed by atoms with Crippen molar-refractivity contribution in [3.8, 4) is 11.5 Å². The first-order chi connectivity index (χ1) is 8.00. The molecule has 6 nitrogen and oxygen atoms in total. The van der Waals surface area contributed by atoms with Crippen LogP contribution in [0, 0.1) is 0 Å². The minimum absolute atomic E-state index is 0.0969. The van der Waals surface area contributed by atoms with E-state index >= 15 is 0 Å². The van der Waals surface area contributed by atoms with E-state index in [0.29, 0.717) is 21.5 Å². The highest BCUT2D eigenvalue weighted by Gasteiger charge is 2.27. The number of primary amides is 1. The number of ether oxygens (including phenoxy) is 2. The number of carbonyl (C=O) groups is 1. The van der Waals surface area contributed by atoms with Crippen molar-refractivity contribution in [2.45, 2.75) is 12.2 Å². The van der Waals surface area contributed by atoms with Crippen LogP contribution in [0.1, 0.15) is 11.7 Å². The van der Waals surface area contributed by atoms with Crippen molar-refractivity contribution in [1.29, 1.82) is 0 Å². The zero-order valence-electron chi connectivity index (χ0n) is 8.59. The molecule has 1 aliphatic rings. The molecular formula is C10H10BrNO5. The molecule has 0 fully saturated rings. The molecule has 92 valence electrons. The van der Waals surface area contributed by atoms with Crippen molar-refractivity contribution in [3.63, 3.8) is 0 Å². The molecule has 0 bridgehead atoms. The number of carbonyl (C=O) groups excluding carboxylic acids is 1. The average molecular weight is 304 g/mol. The quantitative estimate of drug-likeness (QED) is 0.733. The summed E-state index contributed by atoms with van der Waals surface area (Å²) < 4.78 is 10.8. The summed E-state index contributed by atoms with van der Waals surface area (Å²) in [6, 6.07) is 3.08. The van der Waals surface area contributed by atoms with Gasteiger partial charge in [-0.15, -0.1) is 0 Å². The molecule has 2 atom stereocenters. The van der Waals surface area contributed by atoms with Crippen molar-refractivity contribution in [2.24, 2.45) is 5.73 Å². The molecule has 2 rings (SSSR count). The van der Waals surface area contributed by atoms with Crippen molar-refractivity contribution < 1.29 is 24.5 Å². The zero-order chi connectivity index (χ0) is 12.6. The van der Waals surface area contributed by atoms with Gasteiger partial charge < -0.3 is 25.4 Å². The lowest BCUT2D eigenvalue weighted by atomic mass is 10.0. The second-order valence-electron chi connectivity index (χ2n) is 3.52. The van der Waals surface area contributed by atoms with Crippen LogP contribution in [0.15, 0.2) is 16.6 Å². The van der Waals surface area contributed by atoms with Crippen LogP contribution in [-0.2, 0) is 4.79 Å². The summed E-state index contributed by atoms with van der Waals surface area (Å²) >= 11 is 3.21. The van der Waals surface area contributed by atoms with Crippen LogP contribution >= 0.6 is 15.9 Å². The van der Waals surface area contributed by atoms with Crippen molar-refractivity contribution in [1.82, 2.24) is 0 Å². The van der Waals surface area contributed by atoms with Gasteiger partial charge in [-0.3, -0.25) is 4.79 Å². The van der Waals surface area contributed by atoms with E-state index < -0.39 is 18.1 Å². The Hall–Kier alpha value is -1.31. The van der Waals surface area contributed by atoms with Crippen LogP contribution in [0.25, 0.3) is 0 Å². The number of nitrogens with two attached hydrogens (primary N) is 1. The van der Waals surface area contributed by atoms with Crippen LogP contribution in [-0.4, -0.2) is 29.0 Å². The number of hydrogen-bond acceptors (Lipinski definition) is 5. The topological polar surface area (TPSA) is 102 Å². The van der Waals surface area contributed by atoms with Gasteiger partial charge in [0.05, 0.1) is 0 Å². The van der Waals surface area contributed by atoms with Gasteiger partial charge in [0.15, 0.2) is 17.6 Å². The summed E-state index contributed by atoms with van der Waals surface area (Å²) in [6.07, 6.45) is -3.09. The Labute approximate surface area is 105 Å². The molecule has 4 N–H and O–H groups in total. The highest BCUT2D eigenvalue weighted by molar-refractivity contribution is 9.10. The first kappa shape index (κ1) is 12.2. The highest BCUT2D eigenvalue weighted by Crippen LogP contribution is 2.39. The van der Waals surface area contributed by atoms with E-state index in [0.717, 1.165) is 0 Å². The molecule has 1 aromatic carbocycles. The molecule has 0 saturated heterocycles. The molecule has 7 heteroatoms. The van der Waals surface area contributed by atoms with Crippen molar-refractivity contribution >= 4 is 21.8 Å². The Morgan fingerprint density at radius 3 is 2.53 bits per heavy atom. The molecule has 1 aliphatic heterocycles. The molecule has 0 saturated carbocycles. The van der Waals surface area contributed by atoms with E-state index in [1.807, 2.05) is 0 Å². The highest BCUT2D eigenvalue weighted by atomic mass is 79.9. The predicted octanol–water partition coefficient (Wildman–Crippen LogP) is 0.0574. The minimum atomic E-state index is -1.67. The van der Waals surface area contributed by atoms with E-state index in [1.165, 1.54) is 6.07 Å². The summed E-state index contributed by atoms with van der Waals surface area (Å²) in [5, 5.41) is 19.2. The van der Waals surface area contributed by atoms with Gasteiger partial charge in [-0.2, -0.15) is 0 Å². The van der Waals surface area contributed by atoms with E-state index in [-0.39, 0.29) is 6.79 Å². The predicted molar refractivity (Wildman–Crippen MR) is 60.4 cm³/mol. The number of aliphatic hydroxyl groups is 2. The average Bonchev–Trinajstić information content (AvgIpc) is 2.72. The van der Waals surface area contributed by atoms with E-state index in [4.69, 9.17) is 15.2 Å². The third-order valence-electron chi connectivity index (χ3n) is 2.40. The maximum absolute atomic E-state index is 10.8. The molecule has 0 aliphatic carbocycles. The Kier molecular flexibility index (Phi) is 3.23. The first-order valence-electron chi connectivity index (χ1n) is 4.75. The summed E-state index contributed by atoms with van der Waals surface area (Å²) in [7, 11) is 0. The number of amides is 1. The van der Waals surface area contributed by atoms with Crippen molar-refractivity contribution in [3.05, 3.63) is 22.2 Å². The lowest BCUT2D eigenvalue weighted by Gasteiger charge is -2.17. The molecule has 17 heavy (non-hydrogen) atoms. The van der Waals surface area contributed by atoms with E-state index in [1.54, 1.807) is 6.07 Å². The van der Waals surface area contributed by atoms with Crippen LogP contribution < -0.4 is 15.2 Å². The number of aliphatic hydroxyl groups excluding tert-OH is 2. The third kappa shape index (κ3) is 2.21. The maximum atomic E-state index is 10.8. The van der Waals surface area contributed by atoms with Gasteiger partial charge in [-0.05, 0) is 12.1 Å². The molecule has 2 unspecified atom stereocenters. The van der Waals surface area contributed by atoms with Gasteiger partial charge in [-0.1, -0.05) is 15.9 Å². The molecule has 0 aromatic heterocycles. The summed E-state index contributed by atoms with van der Waals surface area (Å²) in [6.45, 7) is 0.0969. The Morgan fingerprint density at radius 2 is 1.94 bits per heavy atom. The molecule has 1 heterocycles. The maximum Gasteiger partial charge on any atom is 0.249 e. The Balaban J connectivity index is 2.35. The Bertz CT molecular complexity index is 464. The smallest absolute Gasteiger partial charge is 0.249 e. The first-order valence-corrected chi connectivity index (χ1v) is 5.54. The van der Waals surface area contributed by atoms with Gasteiger partial charge in [0.1, 0.15) is 6.10 Å². The molecule has 1 amide bonds. The van der Waals surface area contributed by atoms with Crippen molar-refractivity contribution in [2.75, 3.05) is 6.79 Å². The van der Waals surface area contributed by atoms with E-state index in [2.05, 4.69) is 15.9 Å². The van der Waals surface area contributed by atoms with Gasteiger partial charge in [-0.25, -0.2) is 0 Å². The molecule has 1 aromatic rings.